The average Bonchev–Trinajstić information content (AvgIpc) is 2.69. The Morgan fingerprint density at radius 3 is 2.81 bits per heavy atom. The topological polar surface area (TPSA) is 54.1 Å². The number of hydrogen-bond acceptors (Lipinski definition) is 2. The Balaban J connectivity index is 2.03. The van der Waals surface area contributed by atoms with E-state index in [1.54, 1.807) is 6.07 Å². The zero-order valence-electron chi connectivity index (χ0n) is 12.8. The van der Waals surface area contributed by atoms with Crippen LogP contribution < -0.4 is 5.32 Å². The first kappa shape index (κ1) is 15.4. The summed E-state index contributed by atoms with van der Waals surface area (Å²) in [5, 5.41) is 3.57. The molecule has 2 aromatic rings. The molecule has 0 spiro atoms. The van der Waals surface area contributed by atoms with Gasteiger partial charge in [0, 0.05) is 29.1 Å². The lowest BCUT2D eigenvalue weighted by atomic mass is 10.1. The van der Waals surface area contributed by atoms with Crippen LogP contribution in [-0.4, -0.2) is 22.7 Å². The maximum absolute atomic E-state index is 13.3. The molecule has 21 heavy (non-hydrogen) atoms. The summed E-state index contributed by atoms with van der Waals surface area (Å²) in [6.07, 6.45) is 1.61. The van der Waals surface area contributed by atoms with Crippen LogP contribution in [0.3, 0.4) is 0 Å². The van der Waals surface area contributed by atoms with Crippen LogP contribution in [0.4, 0.5) is 9.18 Å². The molecule has 0 fully saturated rings. The lowest BCUT2D eigenvalue weighted by molar-refractivity contribution is 0.100. The molecular weight excluding hydrogens is 271 g/mol. The fourth-order valence-corrected chi connectivity index (χ4v) is 2.19. The molecule has 2 N–H and O–H groups in total. The van der Waals surface area contributed by atoms with Crippen LogP contribution in [0.5, 0.6) is 0 Å². The van der Waals surface area contributed by atoms with Crippen molar-refractivity contribution < 1.29 is 13.9 Å². The molecule has 0 unspecified atom stereocenters. The van der Waals surface area contributed by atoms with Gasteiger partial charge in [-0.2, -0.15) is 0 Å². The quantitative estimate of drug-likeness (QED) is 0.905. The van der Waals surface area contributed by atoms with Gasteiger partial charge in [0.15, 0.2) is 0 Å². The van der Waals surface area contributed by atoms with Gasteiger partial charge in [-0.15, -0.1) is 0 Å². The Kier molecular flexibility index (Phi) is 4.21. The SMILES string of the molecule is C[C@@H](Cc1c[nH]c2ccc(F)cc12)OC(=O)NC(C)(C)C. The number of benzene rings is 1. The number of rotatable bonds is 3. The number of amides is 1. The van der Waals surface area contributed by atoms with Crippen LogP contribution in [0.2, 0.25) is 0 Å². The fraction of sp³-hybridized carbons (Fsp3) is 0.438. The van der Waals surface area contributed by atoms with Crippen molar-refractivity contribution in [3.63, 3.8) is 0 Å². The number of carbonyl (C=O) groups is 1. The van der Waals surface area contributed by atoms with Crippen molar-refractivity contribution >= 4 is 17.0 Å². The van der Waals surface area contributed by atoms with E-state index < -0.39 is 6.09 Å². The first-order valence-electron chi connectivity index (χ1n) is 6.99. The van der Waals surface area contributed by atoms with Crippen LogP contribution in [0.15, 0.2) is 24.4 Å². The largest absolute Gasteiger partial charge is 0.446 e. The summed E-state index contributed by atoms with van der Waals surface area (Å²) in [7, 11) is 0. The first-order valence-corrected chi connectivity index (χ1v) is 6.99. The number of fused-ring (bicyclic) bond motifs is 1. The molecule has 1 amide bonds. The highest BCUT2D eigenvalue weighted by Crippen LogP contribution is 2.21. The molecule has 0 aliphatic carbocycles. The lowest BCUT2D eigenvalue weighted by Crippen LogP contribution is -2.42. The Morgan fingerprint density at radius 2 is 2.14 bits per heavy atom. The zero-order chi connectivity index (χ0) is 15.6. The highest BCUT2D eigenvalue weighted by Gasteiger charge is 2.18. The highest BCUT2D eigenvalue weighted by molar-refractivity contribution is 5.83. The van der Waals surface area contributed by atoms with Gasteiger partial charge in [0.2, 0.25) is 0 Å². The van der Waals surface area contributed by atoms with Gasteiger partial charge in [0.05, 0.1) is 0 Å². The molecule has 0 aliphatic heterocycles. The van der Waals surface area contributed by atoms with Gasteiger partial charge >= 0.3 is 6.09 Å². The second kappa shape index (κ2) is 5.76. The molecular formula is C16H21FN2O2. The van der Waals surface area contributed by atoms with E-state index in [0.29, 0.717) is 6.42 Å². The third kappa shape index (κ3) is 4.21. The standard InChI is InChI=1S/C16H21FN2O2/c1-10(21-15(20)19-16(2,3)4)7-11-9-18-14-6-5-12(17)8-13(11)14/h5-6,8-10,18H,7H2,1-4H3,(H,19,20)/t10-/m0/s1. The van der Waals surface area contributed by atoms with Gasteiger partial charge in [-0.1, -0.05) is 0 Å². The van der Waals surface area contributed by atoms with Gasteiger partial charge < -0.3 is 15.0 Å². The van der Waals surface area contributed by atoms with Crippen molar-refractivity contribution in [3.8, 4) is 0 Å². The van der Waals surface area contributed by atoms with Crippen molar-refractivity contribution in [3.05, 3.63) is 35.8 Å². The molecule has 0 saturated carbocycles. The number of halogens is 1. The summed E-state index contributed by atoms with van der Waals surface area (Å²) < 4.78 is 18.6. The second-order valence-corrected chi connectivity index (χ2v) is 6.30. The Bertz CT molecular complexity index is 643. The number of H-pyrrole nitrogens is 1. The molecule has 0 saturated heterocycles. The highest BCUT2D eigenvalue weighted by atomic mass is 19.1. The van der Waals surface area contributed by atoms with Crippen LogP contribution in [-0.2, 0) is 11.2 Å². The summed E-state index contributed by atoms with van der Waals surface area (Å²) in [6.45, 7) is 7.49. The summed E-state index contributed by atoms with van der Waals surface area (Å²) in [5.74, 6) is -0.276. The molecule has 1 aromatic heterocycles. The summed E-state index contributed by atoms with van der Waals surface area (Å²) in [5.41, 5.74) is 1.47. The molecule has 0 aliphatic rings. The number of alkyl carbamates (subject to hydrolysis) is 1. The minimum Gasteiger partial charge on any atom is -0.446 e. The molecule has 0 bridgehead atoms. The predicted molar refractivity (Wildman–Crippen MR) is 80.8 cm³/mol. The molecule has 1 heterocycles. The molecule has 5 heteroatoms. The smallest absolute Gasteiger partial charge is 0.407 e. The monoisotopic (exact) mass is 292 g/mol. The predicted octanol–water partition coefficient (Wildman–Crippen LogP) is 3.76. The van der Waals surface area contributed by atoms with Crippen LogP contribution in [0.1, 0.15) is 33.3 Å². The average molecular weight is 292 g/mol. The Morgan fingerprint density at radius 1 is 1.43 bits per heavy atom. The van der Waals surface area contributed by atoms with Crippen LogP contribution >= 0.6 is 0 Å². The number of aromatic nitrogens is 1. The first-order chi connectivity index (χ1) is 9.74. The van der Waals surface area contributed by atoms with Gasteiger partial charge in [-0.3, -0.25) is 0 Å². The maximum atomic E-state index is 13.3. The van der Waals surface area contributed by atoms with Crippen molar-refractivity contribution in [1.29, 1.82) is 0 Å². The van der Waals surface area contributed by atoms with Crippen molar-refractivity contribution in [2.24, 2.45) is 0 Å². The van der Waals surface area contributed by atoms with Gasteiger partial charge in [0.1, 0.15) is 11.9 Å². The van der Waals surface area contributed by atoms with E-state index >= 15 is 0 Å². The number of aromatic amines is 1. The number of carbonyl (C=O) groups excluding carboxylic acids is 1. The minimum absolute atomic E-state index is 0.276. The van der Waals surface area contributed by atoms with Crippen LogP contribution in [0, 0.1) is 5.82 Å². The molecule has 2 rings (SSSR count). The van der Waals surface area contributed by atoms with E-state index in [1.807, 2.05) is 33.9 Å². The van der Waals surface area contributed by atoms with Crippen molar-refractivity contribution in [1.82, 2.24) is 10.3 Å². The van der Waals surface area contributed by atoms with E-state index in [2.05, 4.69) is 10.3 Å². The zero-order valence-corrected chi connectivity index (χ0v) is 12.8. The van der Waals surface area contributed by atoms with E-state index in [9.17, 15) is 9.18 Å². The third-order valence-corrected chi connectivity index (χ3v) is 3.02. The van der Waals surface area contributed by atoms with Gasteiger partial charge in [0.25, 0.3) is 0 Å². The van der Waals surface area contributed by atoms with Crippen molar-refractivity contribution in [2.75, 3.05) is 0 Å². The van der Waals surface area contributed by atoms with E-state index in [1.165, 1.54) is 12.1 Å². The van der Waals surface area contributed by atoms with E-state index in [0.717, 1.165) is 16.5 Å². The number of hydrogen-bond donors (Lipinski definition) is 2. The molecule has 4 nitrogen and oxygen atoms in total. The summed E-state index contributed by atoms with van der Waals surface area (Å²) in [6, 6.07) is 4.61. The minimum atomic E-state index is -0.443. The summed E-state index contributed by atoms with van der Waals surface area (Å²) in [4.78, 5) is 14.8. The van der Waals surface area contributed by atoms with E-state index in [4.69, 9.17) is 4.74 Å². The Labute approximate surface area is 123 Å². The molecule has 0 radical (unpaired) electrons. The molecule has 1 aromatic carbocycles. The van der Waals surface area contributed by atoms with E-state index in [-0.39, 0.29) is 17.5 Å². The van der Waals surface area contributed by atoms with Gasteiger partial charge in [-0.05, 0) is 51.5 Å². The molecule has 1 atom stereocenters. The number of ether oxygens (including phenoxy) is 1. The van der Waals surface area contributed by atoms with Gasteiger partial charge in [-0.25, -0.2) is 9.18 Å². The second-order valence-electron chi connectivity index (χ2n) is 6.30. The fourth-order valence-electron chi connectivity index (χ4n) is 2.19. The molecule has 114 valence electrons. The normalized spacial score (nSPS) is 13.2. The van der Waals surface area contributed by atoms with Crippen LogP contribution in [0.25, 0.3) is 10.9 Å². The maximum Gasteiger partial charge on any atom is 0.407 e. The van der Waals surface area contributed by atoms with Crippen molar-refractivity contribution in [2.45, 2.75) is 45.8 Å². The third-order valence-electron chi connectivity index (χ3n) is 3.02. The Hall–Kier alpha value is -2.04. The number of nitrogens with one attached hydrogen (secondary N) is 2. The summed E-state index contributed by atoms with van der Waals surface area (Å²) >= 11 is 0. The lowest BCUT2D eigenvalue weighted by Gasteiger charge is -2.22.